The zero-order chi connectivity index (χ0) is 23.7. The van der Waals surface area contributed by atoms with Gasteiger partial charge in [-0.05, 0) is 41.2 Å². The summed E-state index contributed by atoms with van der Waals surface area (Å²) in [6.45, 7) is 2.16. The van der Waals surface area contributed by atoms with Crippen molar-refractivity contribution in [3.05, 3.63) is 77.4 Å². The molecule has 4 aromatic heterocycles. The maximum Gasteiger partial charge on any atom is 0.280 e. The molecule has 1 aliphatic carbocycles. The number of fused-ring (bicyclic) bond motifs is 2. The molecule has 1 aliphatic heterocycles. The van der Waals surface area contributed by atoms with Gasteiger partial charge >= 0.3 is 0 Å². The summed E-state index contributed by atoms with van der Waals surface area (Å²) in [4.78, 5) is 28.2. The van der Waals surface area contributed by atoms with Crippen LogP contribution in [-0.4, -0.2) is 46.9 Å². The second-order valence-electron chi connectivity index (χ2n) is 9.63. The van der Waals surface area contributed by atoms with Gasteiger partial charge in [-0.15, -0.1) is 0 Å². The second-order valence-corrected chi connectivity index (χ2v) is 9.63. The van der Waals surface area contributed by atoms with Crippen LogP contribution in [0, 0.1) is 11.8 Å². The highest BCUT2D eigenvalue weighted by atomic mass is 16.5. The highest BCUT2D eigenvalue weighted by molar-refractivity contribution is 5.69. The molecule has 2 fully saturated rings. The smallest absolute Gasteiger partial charge is 0.280 e. The Morgan fingerprint density at radius 2 is 1.89 bits per heavy atom. The molecule has 2 atom stereocenters. The molecule has 10 nitrogen and oxygen atoms in total. The van der Waals surface area contributed by atoms with E-state index in [0.717, 1.165) is 18.9 Å². The van der Waals surface area contributed by atoms with Crippen molar-refractivity contribution in [1.82, 2.24) is 33.8 Å². The number of nitrogens with zero attached hydrogens (tertiary/aromatic N) is 8. The normalized spacial score (nSPS) is 21.1. The van der Waals surface area contributed by atoms with Crippen LogP contribution in [0.15, 0.2) is 64.7 Å². The van der Waals surface area contributed by atoms with Crippen molar-refractivity contribution < 1.29 is 4.52 Å². The van der Waals surface area contributed by atoms with Crippen molar-refractivity contribution in [2.24, 2.45) is 25.9 Å². The van der Waals surface area contributed by atoms with E-state index in [1.165, 1.54) is 27.7 Å². The van der Waals surface area contributed by atoms with Crippen LogP contribution in [0.1, 0.15) is 17.6 Å². The summed E-state index contributed by atoms with van der Waals surface area (Å²) in [5, 5.41) is 4.25. The number of aromatic nitrogens is 7. The lowest BCUT2D eigenvalue weighted by atomic mass is 10.1. The summed E-state index contributed by atoms with van der Waals surface area (Å²) in [6, 6.07) is 10.9. The van der Waals surface area contributed by atoms with Gasteiger partial charge < -0.3 is 18.6 Å². The van der Waals surface area contributed by atoms with Crippen LogP contribution in [0.5, 0.6) is 0 Å². The van der Waals surface area contributed by atoms with Crippen molar-refractivity contribution in [3.8, 4) is 11.1 Å². The highest BCUT2D eigenvalue weighted by Gasteiger charge is 2.58. The summed E-state index contributed by atoms with van der Waals surface area (Å²) in [6.07, 6.45) is 7.28. The van der Waals surface area contributed by atoms with E-state index in [-0.39, 0.29) is 12.1 Å². The number of hydrogen-bond acceptors (Lipinski definition) is 7. The third kappa shape index (κ3) is 3.28. The Bertz CT molecular complexity index is 1610. The molecule has 0 spiro atoms. The minimum Gasteiger partial charge on any atom is -0.371 e. The van der Waals surface area contributed by atoms with Crippen LogP contribution in [0.2, 0.25) is 0 Å². The molecule has 0 radical (unpaired) electrons. The van der Waals surface area contributed by atoms with Gasteiger partial charge in [-0.25, -0.2) is 9.97 Å². The van der Waals surface area contributed by atoms with E-state index in [0.29, 0.717) is 34.8 Å². The molecule has 0 bridgehead atoms. The molecule has 1 aromatic carbocycles. The van der Waals surface area contributed by atoms with E-state index in [2.05, 4.69) is 72.3 Å². The molecule has 5 aromatic rings. The van der Waals surface area contributed by atoms with Crippen LogP contribution in [0.25, 0.3) is 22.3 Å². The number of hydrogen-bond donors (Lipinski definition) is 0. The van der Waals surface area contributed by atoms with Crippen molar-refractivity contribution >= 4 is 16.9 Å². The largest absolute Gasteiger partial charge is 0.371 e. The molecule has 0 N–H and O–H groups in total. The van der Waals surface area contributed by atoms with Gasteiger partial charge in [-0.2, -0.15) is 4.98 Å². The molecule has 0 amide bonds. The van der Waals surface area contributed by atoms with E-state index in [9.17, 15) is 4.79 Å². The Morgan fingerprint density at radius 3 is 2.69 bits per heavy atom. The monoisotopic (exact) mass is 468 g/mol. The summed E-state index contributed by atoms with van der Waals surface area (Å²) in [5.74, 6) is 2.53. The summed E-state index contributed by atoms with van der Waals surface area (Å²) in [7, 11) is 3.82. The minimum absolute atomic E-state index is 0.175. The van der Waals surface area contributed by atoms with Gasteiger partial charge in [-0.3, -0.25) is 9.36 Å². The fourth-order valence-corrected chi connectivity index (χ4v) is 5.47. The van der Waals surface area contributed by atoms with Crippen LogP contribution in [0.4, 0.5) is 5.69 Å². The molecule has 1 saturated heterocycles. The van der Waals surface area contributed by atoms with E-state index in [4.69, 9.17) is 4.52 Å². The van der Waals surface area contributed by atoms with Gasteiger partial charge in [0.15, 0.2) is 17.0 Å². The summed E-state index contributed by atoms with van der Waals surface area (Å²) >= 11 is 0. The maximum absolute atomic E-state index is 12.8. The first-order valence-electron chi connectivity index (χ1n) is 11.7. The number of benzene rings is 1. The van der Waals surface area contributed by atoms with E-state index in [1.807, 2.05) is 7.05 Å². The minimum atomic E-state index is -0.175. The van der Waals surface area contributed by atoms with Crippen molar-refractivity contribution in [1.29, 1.82) is 0 Å². The Labute approximate surface area is 200 Å². The summed E-state index contributed by atoms with van der Waals surface area (Å²) in [5.41, 5.74) is 4.44. The third-order valence-electron chi connectivity index (χ3n) is 7.36. The molecule has 2 aliphatic rings. The van der Waals surface area contributed by atoms with E-state index >= 15 is 0 Å². The molecule has 1 saturated carbocycles. The van der Waals surface area contributed by atoms with Crippen molar-refractivity contribution in [2.45, 2.75) is 12.5 Å². The Morgan fingerprint density at radius 1 is 1.06 bits per heavy atom. The average Bonchev–Trinajstić information content (AvgIpc) is 3.43. The SMILES string of the molecule is Cn1ccc(-c2cccc(N3CC4C(C3)C4c3noc(Cn4cnc5ncn(C)c5c4=O)n3)c2)c1. The number of rotatable bonds is 5. The van der Waals surface area contributed by atoms with Gasteiger partial charge in [0.1, 0.15) is 12.9 Å². The molecule has 10 heteroatoms. The molecular formula is C25H24N8O2. The van der Waals surface area contributed by atoms with Gasteiger partial charge in [0.2, 0.25) is 5.89 Å². The predicted molar refractivity (Wildman–Crippen MR) is 129 cm³/mol. The molecule has 5 heterocycles. The Kier molecular flexibility index (Phi) is 4.26. The number of aryl methyl sites for hydroxylation is 2. The summed E-state index contributed by atoms with van der Waals surface area (Å²) < 4.78 is 10.7. The first-order valence-corrected chi connectivity index (χ1v) is 11.7. The van der Waals surface area contributed by atoms with Gasteiger partial charge in [-0.1, -0.05) is 17.3 Å². The predicted octanol–water partition coefficient (Wildman–Crippen LogP) is 2.42. The number of piperidine rings is 1. The lowest BCUT2D eigenvalue weighted by Crippen LogP contribution is -2.23. The zero-order valence-electron chi connectivity index (χ0n) is 19.4. The van der Waals surface area contributed by atoms with Gasteiger partial charge in [0.05, 0.1) is 6.33 Å². The van der Waals surface area contributed by atoms with Crippen LogP contribution >= 0.6 is 0 Å². The third-order valence-corrected chi connectivity index (χ3v) is 7.36. The maximum atomic E-state index is 12.8. The van der Waals surface area contributed by atoms with Crippen molar-refractivity contribution in [3.63, 3.8) is 0 Å². The lowest BCUT2D eigenvalue weighted by molar-refractivity contribution is 0.363. The molecule has 35 heavy (non-hydrogen) atoms. The second kappa shape index (κ2) is 7.39. The van der Waals surface area contributed by atoms with Crippen LogP contribution in [-0.2, 0) is 20.6 Å². The van der Waals surface area contributed by atoms with Gasteiger partial charge in [0.25, 0.3) is 5.56 Å². The Hall–Kier alpha value is -4.21. The standard InChI is InChI=1S/C25H24N8O2/c1-30-7-6-16(9-30)15-4-3-5-17(8-15)32-10-18-19(11-32)21(18)23-28-20(35-29-23)12-33-14-27-24-22(25(33)34)31(2)13-26-24/h3-9,13-14,18-19,21H,10-12H2,1-2H3. The van der Waals surface area contributed by atoms with E-state index < -0.39 is 0 Å². The average molecular weight is 469 g/mol. The first-order chi connectivity index (χ1) is 17.0. The van der Waals surface area contributed by atoms with Crippen molar-refractivity contribution in [2.75, 3.05) is 18.0 Å². The Balaban J connectivity index is 1.04. The molecule has 176 valence electrons. The van der Waals surface area contributed by atoms with Crippen LogP contribution < -0.4 is 10.5 Å². The lowest BCUT2D eigenvalue weighted by Gasteiger charge is -2.22. The van der Waals surface area contributed by atoms with E-state index in [1.54, 1.807) is 17.9 Å². The number of imidazole rings is 1. The molecule has 2 unspecified atom stereocenters. The quantitative estimate of drug-likeness (QED) is 0.391. The zero-order valence-corrected chi connectivity index (χ0v) is 19.4. The van der Waals surface area contributed by atoms with Gasteiger partial charge in [0, 0.05) is 51.2 Å². The number of anilines is 1. The fraction of sp³-hybridized carbons (Fsp3) is 0.320. The molecular weight excluding hydrogens is 444 g/mol. The first kappa shape index (κ1) is 20.2. The fourth-order valence-electron chi connectivity index (χ4n) is 5.47. The van der Waals surface area contributed by atoms with Crippen LogP contribution in [0.3, 0.4) is 0 Å². The topological polar surface area (TPSA) is 99.8 Å². The highest BCUT2D eigenvalue weighted by Crippen LogP contribution is 2.58. The molecule has 7 rings (SSSR count).